The molecule has 2 rings (SSSR count). The van der Waals surface area contributed by atoms with Crippen molar-refractivity contribution < 1.29 is 48.0 Å². The van der Waals surface area contributed by atoms with Crippen LogP contribution in [0.15, 0.2) is 0 Å². The summed E-state index contributed by atoms with van der Waals surface area (Å²) in [6.45, 7) is -1.20. The molecule has 0 spiro atoms. The van der Waals surface area contributed by atoms with Crippen molar-refractivity contribution in [3.8, 4) is 0 Å². The largest absolute Gasteiger partial charge is 0.471 e. The van der Waals surface area contributed by atoms with E-state index in [4.69, 9.17) is 10.3 Å². The molecule has 9 nitrogen and oxygen atoms in total. The highest BCUT2D eigenvalue weighted by Crippen LogP contribution is 2.23. The van der Waals surface area contributed by atoms with Gasteiger partial charge in [-0.05, 0) is 38.8 Å². The molecule has 2 fully saturated rings. The molecular formula is C14H24F6N4O5S2. The van der Waals surface area contributed by atoms with E-state index in [2.05, 4.69) is 0 Å². The van der Waals surface area contributed by atoms with E-state index in [-0.39, 0.29) is 51.9 Å². The first-order chi connectivity index (χ1) is 13.8. The average Bonchev–Trinajstić information content (AvgIpc) is 2.58. The zero-order valence-corrected chi connectivity index (χ0v) is 17.8. The van der Waals surface area contributed by atoms with E-state index < -0.39 is 55.4 Å². The van der Waals surface area contributed by atoms with E-state index in [1.807, 2.05) is 0 Å². The second-order valence-electron chi connectivity index (χ2n) is 7.26. The van der Waals surface area contributed by atoms with Crippen LogP contribution in [-0.2, 0) is 24.8 Å². The predicted molar refractivity (Wildman–Crippen MR) is 97.4 cm³/mol. The summed E-state index contributed by atoms with van der Waals surface area (Å²) >= 11 is 0. The summed E-state index contributed by atoms with van der Waals surface area (Å²) in [6, 6.07) is 0. The maximum atomic E-state index is 12.0. The second-order valence-corrected chi connectivity index (χ2v) is 10.9. The lowest BCUT2D eigenvalue weighted by Crippen LogP contribution is -2.48. The number of carbonyl (C=O) groups excluding carboxylic acids is 1. The number of piperidine rings is 2. The van der Waals surface area contributed by atoms with Gasteiger partial charge in [-0.3, -0.25) is 9.69 Å². The van der Waals surface area contributed by atoms with Gasteiger partial charge >= 0.3 is 18.3 Å². The summed E-state index contributed by atoms with van der Waals surface area (Å²) in [5, 5.41) is 8.23. The van der Waals surface area contributed by atoms with E-state index in [0.29, 0.717) is 4.90 Å². The summed E-state index contributed by atoms with van der Waals surface area (Å²) < 4.78 is 116. The summed E-state index contributed by atoms with van der Waals surface area (Å²) in [4.78, 5) is 12.6. The van der Waals surface area contributed by atoms with Gasteiger partial charge in [0.2, 0.25) is 20.0 Å². The number of amides is 1. The lowest BCUT2D eigenvalue weighted by molar-refractivity contribution is -0.186. The fraction of sp³-hybridized carbons (Fsp3) is 0.929. The standard InChI is InChI=1S/C7H11F3N2O3S.C7H13F3N2O2S/c8-7(9,10)6(13)12-3-1-5(2-4-12)16(11,14)15;8-7(9,10)5-12-3-1-6(2-4-12)15(11,13)14/h5H,1-4H2,(H2,11,14,15);6H,1-5H2,(H2,11,13,14). The number of rotatable bonds is 3. The minimum atomic E-state index is -4.91. The Kier molecular flexibility index (Phi) is 9.15. The monoisotopic (exact) mass is 506 g/mol. The molecule has 2 aliphatic rings. The third kappa shape index (κ3) is 9.88. The number of alkyl halides is 6. The average molecular weight is 506 g/mol. The summed E-state index contributed by atoms with van der Waals surface area (Å²) in [5.41, 5.74) is 0. The van der Waals surface area contributed by atoms with Gasteiger partial charge in [0.25, 0.3) is 0 Å². The molecule has 0 unspecified atom stereocenters. The maximum Gasteiger partial charge on any atom is 0.471 e. The first-order valence-corrected chi connectivity index (χ1v) is 12.2. The van der Waals surface area contributed by atoms with Gasteiger partial charge in [-0.2, -0.15) is 26.3 Å². The van der Waals surface area contributed by atoms with Crippen LogP contribution in [0.25, 0.3) is 0 Å². The fourth-order valence-electron chi connectivity index (χ4n) is 3.22. The SMILES string of the molecule is NS(=O)(=O)C1CCN(C(=O)C(F)(F)F)CC1.NS(=O)(=O)C1CCN(CC(F)(F)F)CC1. The minimum Gasteiger partial charge on any atom is -0.335 e. The molecule has 2 heterocycles. The first-order valence-electron chi connectivity index (χ1n) is 8.99. The Morgan fingerprint density at radius 2 is 1.13 bits per heavy atom. The van der Waals surface area contributed by atoms with Gasteiger partial charge < -0.3 is 4.90 Å². The van der Waals surface area contributed by atoms with Crippen LogP contribution >= 0.6 is 0 Å². The molecule has 2 aliphatic heterocycles. The molecule has 1 amide bonds. The normalized spacial score (nSPS) is 20.8. The van der Waals surface area contributed by atoms with Crippen molar-refractivity contribution in [3.63, 3.8) is 0 Å². The Morgan fingerprint density at radius 3 is 1.42 bits per heavy atom. The quantitative estimate of drug-likeness (QED) is 0.521. The number of carbonyl (C=O) groups is 1. The molecule has 4 N–H and O–H groups in total. The topological polar surface area (TPSA) is 144 Å². The van der Waals surface area contributed by atoms with Crippen molar-refractivity contribution in [1.82, 2.24) is 9.80 Å². The van der Waals surface area contributed by atoms with Gasteiger partial charge in [0, 0.05) is 13.1 Å². The molecule has 2 saturated heterocycles. The van der Waals surface area contributed by atoms with E-state index >= 15 is 0 Å². The van der Waals surface area contributed by atoms with Crippen LogP contribution in [0.4, 0.5) is 26.3 Å². The van der Waals surface area contributed by atoms with E-state index in [1.165, 1.54) is 4.90 Å². The maximum absolute atomic E-state index is 12.0. The molecule has 17 heteroatoms. The molecule has 0 radical (unpaired) electrons. The van der Waals surface area contributed by atoms with Gasteiger partial charge in [-0.15, -0.1) is 0 Å². The molecule has 0 atom stereocenters. The van der Waals surface area contributed by atoms with E-state index in [1.54, 1.807) is 0 Å². The van der Waals surface area contributed by atoms with Gasteiger partial charge in [-0.1, -0.05) is 0 Å². The number of nitrogens with two attached hydrogens (primary N) is 2. The van der Waals surface area contributed by atoms with E-state index in [9.17, 15) is 48.0 Å². The molecule has 0 saturated carbocycles. The molecule has 0 bridgehead atoms. The first kappa shape index (κ1) is 27.9. The van der Waals surface area contributed by atoms with Crippen LogP contribution in [0.1, 0.15) is 25.7 Å². The molecule has 0 aromatic heterocycles. The van der Waals surface area contributed by atoms with Crippen molar-refractivity contribution in [2.45, 2.75) is 48.5 Å². The Hall–Kier alpha value is -1.17. The van der Waals surface area contributed by atoms with Crippen molar-refractivity contribution in [2.75, 3.05) is 32.7 Å². The third-order valence-corrected chi connectivity index (χ3v) is 7.64. The van der Waals surface area contributed by atoms with Gasteiger partial charge in [0.15, 0.2) is 0 Å². The Labute approximate surface area is 175 Å². The number of sulfonamides is 2. The summed E-state index contributed by atoms with van der Waals surface area (Å²) in [6.07, 6.45) is -8.89. The molecule has 0 aromatic rings. The number of nitrogens with zero attached hydrogens (tertiary/aromatic N) is 2. The van der Waals surface area contributed by atoms with Crippen molar-refractivity contribution in [1.29, 1.82) is 0 Å². The lowest BCUT2D eigenvalue weighted by Gasteiger charge is -2.31. The van der Waals surface area contributed by atoms with Gasteiger partial charge in [-0.25, -0.2) is 27.1 Å². The molecule has 0 aliphatic carbocycles. The highest BCUT2D eigenvalue weighted by atomic mass is 32.2. The fourth-order valence-corrected chi connectivity index (χ4v) is 4.95. The van der Waals surface area contributed by atoms with Gasteiger partial charge in [0.1, 0.15) is 0 Å². The van der Waals surface area contributed by atoms with Crippen LogP contribution in [0.5, 0.6) is 0 Å². The highest BCUT2D eigenvalue weighted by molar-refractivity contribution is 7.90. The van der Waals surface area contributed by atoms with Crippen LogP contribution in [0.2, 0.25) is 0 Å². The number of hydrogen-bond acceptors (Lipinski definition) is 6. The Bertz CT molecular complexity index is 815. The second kappa shape index (κ2) is 10.2. The van der Waals surface area contributed by atoms with Crippen LogP contribution < -0.4 is 10.3 Å². The Balaban J connectivity index is 0.000000311. The zero-order chi connectivity index (χ0) is 24.3. The smallest absolute Gasteiger partial charge is 0.335 e. The number of hydrogen-bond donors (Lipinski definition) is 2. The van der Waals surface area contributed by atoms with Crippen LogP contribution in [0, 0.1) is 0 Å². The predicted octanol–water partition coefficient (Wildman–Crippen LogP) is 0.130. The molecule has 31 heavy (non-hydrogen) atoms. The summed E-state index contributed by atoms with van der Waals surface area (Å²) in [7, 11) is -7.33. The van der Waals surface area contributed by atoms with Crippen molar-refractivity contribution in [2.24, 2.45) is 10.3 Å². The number of halogens is 6. The van der Waals surface area contributed by atoms with Crippen LogP contribution in [-0.4, -0.2) is 88.1 Å². The number of likely N-dealkylation sites (tertiary alicyclic amines) is 2. The number of primary sulfonamides is 2. The van der Waals surface area contributed by atoms with Crippen LogP contribution in [0.3, 0.4) is 0 Å². The Morgan fingerprint density at radius 1 is 0.774 bits per heavy atom. The lowest BCUT2D eigenvalue weighted by atomic mass is 10.1. The van der Waals surface area contributed by atoms with Crippen molar-refractivity contribution in [3.05, 3.63) is 0 Å². The summed E-state index contributed by atoms with van der Waals surface area (Å²) in [5.74, 6) is -1.93. The highest BCUT2D eigenvalue weighted by Gasteiger charge is 2.44. The van der Waals surface area contributed by atoms with Gasteiger partial charge in [0.05, 0.1) is 17.0 Å². The minimum absolute atomic E-state index is 0.0549. The van der Waals surface area contributed by atoms with Crippen molar-refractivity contribution >= 4 is 26.0 Å². The third-order valence-electron chi connectivity index (χ3n) is 4.84. The molecule has 184 valence electrons. The molecular weight excluding hydrogens is 482 g/mol. The zero-order valence-electron chi connectivity index (χ0n) is 16.2. The molecule has 0 aromatic carbocycles. The van der Waals surface area contributed by atoms with E-state index in [0.717, 1.165) is 0 Å².